The Kier molecular flexibility index (Phi) is 4.06. The van der Waals surface area contributed by atoms with Crippen LogP contribution in [0.3, 0.4) is 0 Å². The highest BCUT2D eigenvalue weighted by atomic mass is 32.1. The zero-order valence-electron chi connectivity index (χ0n) is 10.1. The molecule has 3 N–H and O–H groups in total. The number of thiophene rings is 1. The zero-order chi connectivity index (χ0) is 13.0. The van der Waals surface area contributed by atoms with Gasteiger partial charge >= 0.3 is 0 Å². The van der Waals surface area contributed by atoms with Crippen LogP contribution in [0.2, 0.25) is 0 Å². The molecule has 0 saturated heterocycles. The molecular weight excluding hydrogens is 250 g/mol. The molecule has 2 heterocycles. The lowest BCUT2D eigenvalue weighted by Crippen LogP contribution is -2.27. The second kappa shape index (κ2) is 5.74. The highest BCUT2D eigenvalue weighted by Gasteiger charge is 2.06. The molecule has 2 rings (SSSR count). The summed E-state index contributed by atoms with van der Waals surface area (Å²) in [5, 5.41) is 14.6. The summed E-state index contributed by atoms with van der Waals surface area (Å²) < 4.78 is 1.48. The van der Waals surface area contributed by atoms with Crippen LogP contribution in [0, 0.1) is 6.92 Å². The number of nitrogens with two attached hydrogens (primary N) is 1. The Morgan fingerprint density at radius 3 is 3.00 bits per heavy atom. The summed E-state index contributed by atoms with van der Waals surface area (Å²) in [6.07, 6.45) is 1.68. The molecule has 0 aromatic carbocycles. The minimum Gasteiger partial charge on any atom is -0.350 e. The van der Waals surface area contributed by atoms with Gasteiger partial charge in [0.25, 0.3) is 0 Å². The van der Waals surface area contributed by atoms with E-state index in [-0.39, 0.29) is 12.5 Å². The second-order valence-corrected chi connectivity index (χ2v) is 4.71. The average Bonchev–Trinajstić information content (AvgIpc) is 2.96. The Labute approximate surface area is 109 Å². The van der Waals surface area contributed by atoms with Crippen LogP contribution in [-0.2, 0) is 24.4 Å². The summed E-state index contributed by atoms with van der Waals surface area (Å²) in [5.41, 5.74) is 8.44. The summed E-state index contributed by atoms with van der Waals surface area (Å²) in [6, 6.07) is 0. The molecule has 0 bridgehead atoms. The maximum atomic E-state index is 11.7. The molecule has 1 amide bonds. The number of nitrogens with one attached hydrogen (secondary N) is 1. The largest absolute Gasteiger partial charge is 0.350 e. The molecule has 0 spiro atoms. The highest BCUT2D eigenvalue weighted by Crippen LogP contribution is 2.12. The van der Waals surface area contributed by atoms with Crippen LogP contribution in [0.5, 0.6) is 0 Å². The first kappa shape index (κ1) is 12.7. The molecule has 6 nitrogen and oxygen atoms in total. The summed E-state index contributed by atoms with van der Waals surface area (Å²) >= 11 is 1.64. The molecule has 0 unspecified atom stereocenters. The van der Waals surface area contributed by atoms with E-state index in [4.69, 9.17) is 5.73 Å². The van der Waals surface area contributed by atoms with Crippen molar-refractivity contribution in [3.63, 3.8) is 0 Å². The predicted octanol–water partition coefficient (Wildman–Crippen LogP) is 0.423. The van der Waals surface area contributed by atoms with Crippen molar-refractivity contribution in [1.29, 1.82) is 0 Å². The standard InChI is InChI=1S/C11H15N5OS/c1-8-6-18-7-9(8)3-13-11(17)5-16-4-10(2-12)14-15-16/h4,6-7H,2-3,5,12H2,1H3,(H,13,17). The number of carbonyl (C=O) groups excluding carboxylic acids is 1. The maximum Gasteiger partial charge on any atom is 0.242 e. The number of rotatable bonds is 5. The van der Waals surface area contributed by atoms with Crippen molar-refractivity contribution in [2.24, 2.45) is 5.73 Å². The fourth-order valence-electron chi connectivity index (χ4n) is 1.47. The van der Waals surface area contributed by atoms with E-state index in [0.717, 1.165) is 5.56 Å². The van der Waals surface area contributed by atoms with Gasteiger partial charge in [0.2, 0.25) is 5.91 Å². The lowest BCUT2D eigenvalue weighted by molar-refractivity contribution is -0.122. The van der Waals surface area contributed by atoms with Crippen molar-refractivity contribution in [2.45, 2.75) is 26.6 Å². The number of carbonyl (C=O) groups is 1. The monoisotopic (exact) mass is 265 g/mol. The summed E-state index contributed by atoms with van der Waals surface area (Å²) in [7, 11) is 0. The lowest BCUT2D eigenvalue weighted by Gasteiger charge is -2.04. The van der Waals surface area contributed by atoms with Gasteiger partial charge in [0, 0.05) is 13.1 Å². The van der Waals surface area contributed by atoms with E-state index in [0.29, 0.717) is 18.8 Å². The number of amides is 1. The van der Waals surface area contributed by atoms with E-state index in [9.17, 15) is 4.79 Å². The SMILES string of the molecule is Cc1cscc1CNC(=O)Cn1cc(CN)nn1. The van der Waals surface area contributed by atoms with Crippen LogP contribution in [-0.4, -0.2) is 20.9 Å². The third-order valence-corrected chi connectivity index (χ3v) is 3.45. The Bertz CT molecular complexity index is 533. The van der Waals surface area contributed by atoms with E-state index in [1.807, 2.05) is 12.3 Å². The van der Waals surface area contributed by atoms with Crippen LogP contribution >= 0.6 is 11.3 Å². The van der Waals surface area contributed by atoms with Gasteiger partial charge in [-0.2, -0.15) is 11.3 Å². The number of nitrogens with zero attached hydrogens (tertiary/aromatic N) is 3. The van der Waals surface area contributed by atoms with Gasteiger partial charge < -0.3 is 11.1 Å². The van der Waals surface area contributed by atoms with Crippen molar-refractivity contribution in [3.05, 3.63) is 33.8 Å². The van der Waals surface area contributed by atoms with Gasteiger partial charge in [0.15, 0.2) is 0 Å². The normalized spacial score (nSPS) is 10.6. The van der Waals surface area contributed by atoms with Gasteiger partial charge in [-0.05, 0) is 28.8 Å². The van der Waals surface area contributed by atoms with Crippen LogP contribution in [0.1, 0.15) is 16.8 Å². The molecule has 2 aromatic rings. The van der Waals surface area contributed by atoms with Gasteiger partial charge in [-0.15, -0.1) is 5.10 Å². The minimum atomic E-state index is -0.0888. The van der Waals surface area contributed by atoms with E-state index in [2.05, 4.69) is 21.0 Å². The van der Waals surface area contributed by atoms with Crippen LogP contribution < -0.4 is 11.1 Å². The first-order chi connectivity index (χ1) is 8.69. The molecule has 0 aliphatic rings. The fraction of sp³-hybridized carbons (Fsp3) is 0.364. The Balaban J connectivity index is 1.84. The van der Waals surface area contributed by atoms with Crippen LogP contribution in [0.15, 0.2) is 17.0 Å². The number of hydrogen-bond donors (Lipinski definition) is 2. The number of aryl methyl sites for hydroxylation is 1. The molecule has 0 radical (unpaired) electrons. The van der Waals surface area contributed by atoms with Gasteiger partial charge in [-0.1, -0.05) is 5.21 Å². The van der Waals surface area contributed by atoms with Crippen molar-refractivity contribution in [2.75, 3.05) is 0 Å². The second-order valence-electron chi connectivity index (χ2n) is 3.97. The Morgan fingerprint density at radius 2 is 2.39 bits per heavy atom. The van der Waals surface area contributed by atoms with Crippen molar-refractivity contribution < 1.29 is 4.79 Å². The quantitative estimate of drug-likeness (QED) is 0.820. The molecule has 0 aliphatic carbocycles. The number of aromatic nitrogens is 3. The van der Waals surface area contributed by atoms with Crippen LogP contribution in [0.25, 0.3) is 0 Å². The Morgan fingerprint density at radius 1 is 1.56 bits per heavy atom. The van der Waals surface area contributed by atoms with Crippen LogP contribution in [0.4, 0.5) is 0 Å². The summed E-state index contributed by atoms with van der Waals surface area (Å²) in [6.45, 7) is 3.07. The van der Waals surface area contributed by atoms with E-state index in [1.165, 1.54) is 10.2 Å². The molecule has 0 fully saturated rings. The number of hydrogen-bond acceptors (Lipinski definition) is 5. The first-order valence-electron chi connectivity index (χ1n) is 5.56. The van der Waals surface area contributed by atoms with Crippen molar-refractivity contribution in [3.8, 4) is 0 Å². The molecule has 2 aromatic heterocycles. The molecule has 18 heavy (non-hydrogen) atoms. The van der Waals surface area contributed by atoms with Crippen molar-refractivity contribution >= 4 is 17.2 Å². The molecule has 0 saturated carbocycles. The summed E-state index contributed by atoms with van der Waals surface area (Å²) in [5.74, 6) is -0.0888. The first-order valence-corrected chi connectivity index (χ1v) is 6.50. The molecule has 96 valence electrons. The molecular formula is C11H15N5OS. The fourth-order valence-corrected chi connectivity index (χ4v) is 2.33. The van der Waals surface area contributed by atoms with E-state index < -0.39 is 0 Å². The van der Waals surface area contributed by atoms with E-state index >= 15 is 0 Å². The third kappa shape index (κ3) is 3.14. The third-order valence-electron chi connectivity index (χ3n) is 2.54. The predicted molar refractivity (Wildman–Crippen MR) is 68.8 cm³/mol. The smallest absolute Gasteiger partial charge is 0.242 e. The molecule has 7 heteroatoms. The van der Waals surface area contributed by atoms with Gasteiger partial charge in [0.1, 0.15) is 6.54 Å². The zero-order valence-corrected chi connectivity index (χ0v) is 10.9. The summed E-state index contributed by atoms with van der Waals surface area (Å²) in [4.78, 5) is 11.7. The van der Waals surface area contributed by atoms with E-state index in [1.54, 1.807) is 17.5 Å². The van der Waals surface area contributed by atoms with Crippen molar-refractivity contribution in [1.82, 2.24) is 20.3 Å². The minimum absolute atomic E-state index is 0.0888. The highest BCUT2D eigenvalue weighted by molar-refractivity contribution is 7.08. The topological polar surface area (TPSA) is 85.8 Å². The van der Waals surface area contributed by atoms with Gasteiger partial charge in [0.05, 0.1) is 11.9 Å². The molecule has 0 aliphatic heterocycles. The van der Waals surface area contributed by atoms with Gasteiger partial charge in [-0.3, -0.25) is 4.79 Å². The Hall–Kier alpha value is -1.73. The molecule has 0 atom stereocenters. The maximum absolute atomic E-state index is 11.7. The van der Waals surface area contributed by atoms with Gasteiger partial charge in [-0.25, -0.2) is 4.68 Å². The lowest BCUT2D eigenvalue weighted by atomic mass is 10.2. The average molecular weight is 265 g/mol.